The Kier molecular flexibility index (Phi) is 7.81. The molecule has 0 spiro atoms. The van der Waals surface area contributed by atoms with Crippen LogP contribution >= 0.6 is 0 Å². The number of nitrogens with zero attached hydrogens (tertiary/aromatic N) is 2. The third kappa shape index (κ3) is 5.85. The van der Waals surface area contributed by atoms with Gasteiger partial charge in [0.1, 0.15) is 5.82 Å². The fourth-order valence-electron chi connectivity index (χ4n) is 5.26. The lowest BCUT2D eigenvalue weighted by molar-refractivity contribution is -0.134. The van der Waals surface area contributed by atoms with Gasteiger partial charge in [-0.1, -0.05) is 32.0 Å². The maximum absolute atomic E-state index is 13.2. The molecule has 0 radical (unpaired) electrons. The van der Waals surface area contributed by atoms with Gasteiger partial charge in [0.25, 0.3) is 5.56 Å². The van der Waals surface area contributed by atoms with Gasteiger partial charge in [-0.25, -0.2) is 9.78 Å². The molecule has 3 aromatic rings. The number of amides is 1. The number of piperidine rings is 1. The highest BCUT2D eigenvalue weighted by Gasteiger charge is 2.31. The third-order valence-corrected chi connectivity index (χ3v) is 7.40. The van der Waals surface area contributed by atoms with Crippen LogP contribution < -0.4 is 5.56 Å². The van der Waals surface area contributed by atoms with Gasteiger partial charge in [0.05, 0.1) is 23.6 Å². The van der Waals surface area contributed by atoms with E-state index < -0.39 is 11.4 Å². The highest BCUT2D eigenvalue weighted by Crippen LogP contribution is 2.29. The van der Waals surface area contributed by atoms with Gasteiger partial charge in [0.2, 0.25) is 5.91 Å². The normalized spacial score (nSPS) is 14.5. The van der Waals surface area contributed by atoms with E-state index in [1.807, 2.05) is 37.8 Å². The van der Waals surface area contributed by atoms with Crippen molar-refractivity contribution in [2.75, 3.05) is 20.2 Å². The lowest BCUT2D eigenvalue weighted by Gasteiger charge is -2.34. The van der Waals surface area contributed by atoms with Gasteiger partial charge in [-0.3, -0.25) is 14.4 Å². The summed E-state index contributed by atoms with van der Waals surface area (Å²) in [4.78, 5) is 60.0. The van der Waals surface area contributed by atoms with Gasteiger partial charge in [-0.2, -0.15) is 0 Å². The minimum absolute atomic E-state index is 0.0403. The van der Waals surface area contributed by atoms with Crippen LogP contribution in [0.1, 0.15) is 70.8 Å². The Morgan fingerprint density at radius 2 is 1.79 bits per heavy atom. The van der Waals surface area contributed by atoms with Crippen molar-refractivity contribution in [3.63, 3.8) is 0 Å². The number of benzene rings is 2. The number of aryl methyl sites for hydroxylation is 2. The maximum Gasteiger partial charge on any atom is 0.338 e. The quantitative estimate of drug-likeness (QED) is 0.367. The number of carbonyl (C=O) groups is 3. The van der Waals surface area contributed by atoms with Gasteiger partial charge >= 0.3 is 5.97 Å². The number of fused-ring (bicyclic) bond motifs is 1. The Hall–Kier alpha value is -3.81. The molecule has 38 heavy (non-hydrogen) atoms. The maximum atomic E-state index is 13.2. The average Bonchev–Trinajstić information content (AvgIpc) is 2.88. The molecule has 1 aromatic heterocycles. The van der Waals surface area contributed by atoms with E-state index >= 15 is 0 Å². The molecule has 8 heteroatoms. The molecule has 0 bridgehead atoms. The zero-order valence-electron chi connectivity index (χ0n) is 22.7. The van der Waals surface area contributed by atoms with Crippen LogP contribution in [0, 0.1) is 25.2 Å². The summed E-state index contributed by atoms with van der Waals surface area (Å²) >= 11 is 0. The number of aromatic nitrogens is 2. The molecule has 0 atom stereocenters. The van der Waals surface area contributed by atoms with Crippen molar-refractivity contribution in [2.24, 2.45) is 11.3 Å². The highest BCUT2D eigenvalue weighted by atomic mass is 16.5. The van der Waals surface area contributed by atoms with Gasteiger partial charge in [0.15, 0.2) is 5.78 Å². The van der Waals surface area contributed by atoms with Gasteiger partial charge in [0, 0.05) is 37.4 Å². The topological polar surface area (TPSA) is 109 Å². The van der Waals surface area contributed by atoms with Crippen molar-refractivity contribution in [2.45, 2.75) is 53.4 Å². The molecule has 1 fully saturated rings. The number of likely N-dealkylation sites (tertiary alicyclic amines) is 1. The number of hydrogen-bond donors (Lipinski definition) is 1. The number of aromatic amines is 1. The molecule has 1 saturated heterocycles. The number of carbonyl (C=O) groups excluding carboxylic acids is 3. The van der Waals surface area contributed by atoms with Crippen LogP contribution in [0.3, 0.4) is 0 Å². The smallest absolute Gasteiger partial charge is 0.338 e. The summed E-state index contributed by atoms with van der Waals surface area (Å²) in [5.41, 5.74) is 2.78. The lowest BCUT2D eigenvalue weighted by Crippen LogP contribution is -2.42. The first kappa shape index (κ1) is 27.2. The van der Waals surface area contributed by atoms with E-state index in [9.17, 15) is 19.2 Å². The number of ketones is 1. The number of methoxy groups -OCH3 is 1. The largest absolute Gasteiger partial charge is 0.465 e. The van der Waals surface area contributed by atoms with Crippen molar-refractivity contribution in [3.8, 4) is 0 Å². The highest BCUT2D eigenvalue weighted by molar-refractivity contribution is 6.00. The van der Waals surface area contributed by atoms with E-state index in [4.69, 9.17) is 4.74 Å². The van der Waals surface area contributed by atoms with E-state index in [1.54, 1.807) is 31.2 Å². The van der Waals surface area contributed by atoms with Crippen molar-refractivity contribution in [1.29, 1.82) is 0 Å². The van der Waals surface area contributed by atoms with E-state index in [1.165, 1.54) is 7.11 Å². The second kappa shape index (κ2) is 10.9. The third-order valence-electron chi connectivity index (χ3n) is 7.40. The number of esters is 1. The second-order valence-electron chi connectivity index (χ2n) is 11.0. The van der Waals surface area contributed by atoms with Crippen molar-refractivity contribution >= 4 is 28.6 Å². The summed E-state index contributed by atoms with van der Waals surface area (Å²) in [6.45, 7) is 8.77. The molecule has 0 unspecified atom stereocenters. The van der Waals surface area contributed by atoms with Crippen molar-refractivity contribution in [1.82, 2.24) is 14.9 Å². The fourth-order valence-corrected chi connectivity index (χ4v) is 5.26. The van der Waals surface area contributed by atoms with Crippen LogP contribution in [0.5, 0.6) is 0 Å². The van der Waals surface area contributed by atoms with E-state index in [0.29, 0.717) is 72.2 Å². The molecule has 1 aliphatic heterocycles. The zero-order valence-corrected chi connectivity index (χ0v) is 22.7. The van der Waals surface area contributed by atoms with Crippen molar-refractivity contribution in [3.05, 3.63) is 74.8 Å². The molecule has 2 heterocycles. The Morgan fingerprint density at radius 1 is 1.08 bits per heavy atom. The Morgan fingerprint density at radius 3 is 2.45 bits per heavy atom. The van der Waals surface area contributed by atoms with Crippen molar-refractivity contribution < 1.29 is 19.1 Å². The Labute approximate surface area is 222 Å². The number of hydrogen-bond acceptors (Lipinski definition) is 6. The summed E-state index contributed by atoms with van der Waals surface area (Å²) in [6, 6.07) is 10.6. The molecule has 1 amide bonds. The first-order chi connectivity index (χ1) is 18.0. The van der Waals surface area contributed by atoms with Crippen LogP contribution in [-0.2, 0) is 16.0 Å². The molecule has 2 aromatic carbocycles. The van der Waals surface area contributed by atoms with Gasteiger partial charge in [-0.05, 0) is 61.4 Å². The summed E-state index contributed by atoms with van der Waals surface area (Å²) in [6.07, 6.45) is 1.98. The molecule has 0 aliphatic carbocycles. The molecule has 4 rings (SSSR count). The molecule has 200 valence electrons. The Balaban J connectivity index is 1.36. The molecule has 8 nitrogen and oxygen atoms in total. The van der Waals surface area contributed by atoms with Crippen LogP contribution in [0.2, 0.25) is 0 Å². The number of rotatable bonds is 7. The number of Topliss-reactive ketones (excluding diaryl/α,β-unsaturated/α-hetero) is 1. The first-order valence-corrected chi connectivity index (χ1v) is 13.0. The number of H-pyrrole nitrogens is 1. The standard InChI is InChI=1S/C30H35N3O5/c1-18-7-6-8-23-26(18)31-24(32-28(23)36)16-30(3,4)17-25(34)33-13-11-20(12-14-33)27(35)21-9-10-22(19(2)15-21)29(37)38-5/h6-10,15,20H,11-14,16-17H2,1-5H3,(H,31,32,36). The summed E-state index contributed by atoms with van der Waals surface area (Å²) in [7, 11) is 1.33. The minimum atomic E-state index is -0.422. The lowest BCUT2D eigenvalue weighted by atomic mass is 9.83. The van der Waals surface area contributed by atoms with Crippen LogP contribution in [0.15, 0.2) is 41.2 Å². The molecular weight excluding hydrogens is 482 g/mol. The van der Waals surface area contributed by atoms with Crippen LogP contribution in [0.4, 0.5) is 0 Å². The van der Waals surface area contributed by atoms with E-state index in [-0.39, 0.29) is 23.2 Å². The van der Waals surface area contributed by atoms with Gasteiger partial charge in [-0.15, -0.1) is 0 Å². The average molecular weight is 518 g/mol. The SMILES string of the molecule is COC(=O)c1ccc(C(=O)C2CCN(C(=O)CC(C)(C)Cc3nc4c(C)cccc4c(=O)[nH]3)CC2)cc1C. The van der Waals surface area contributed by atoms with Crippen LogP contribution in [0.25, 0.3) is 10.9 Å². The molecule has 0 saturated carbocycles. The predicted octanol–water partition coefficient (Wildman–Crippen LogP) is 4.41. The summed E-state index contributed by atoms with van der Waals surface area (Å²) in [5.74, 6) is 0.0733. The van der Waals surface area contributed by atoms with E-state index in [0.717, 1.165) is 5.56 Å². The fraction of sp³-hybridized carbons (Fsp3) is 0.433. The number of nitrogens with one attached hydrogen (secondary N) is 1. The first-order valence-electron chi connectivity index (χ1n) is 13.0. The summed E-state index contributed by atoms with van der Waals surface area (Å²) < 4.78 is 4.78. The molecular formula is C30H35N3O5. The Bertz CT molecular complexity index is 1450. The van der Waals surface area contributed by atoms with Gasteiger partial charge < -0.3 is 14.6 Å². The second-order valence-corrected chi connectivity index (χ2v) is 11.0. The monoisotopic (exact) mass is 517 g/mol. The predicted molar refractivity (Wildman–Crippen MR) is 145 cm³/mol. The van der Waals surface area contributed by atoms with E-state index in [2.05, 4.69) is 9.97 Å². The number of ether oxygens (including phenoxy) is 1. The summed E-state index contributed by atoms with van der Waals surface area (Å²) in [5, 5.41) is 0.564. The zero-order chi connectivity index (χ0) is 27.6. The van der Waals surface area contributed by atoms with Crippen LogP contribution in [-0.4, -0.2) is 52.7 Å². The number of para-hydroxylation sites is 1. The minimum Gasteiger partial charge on any atom is -0.465 e. The molecule has 1 N–H and O–H groups in total. The molecule has 1 aliphatic rings.